The zero-order chi connectivity index (χ0) is 22.1. The molecule has 0 aliphatic heterocycles. The second-order valence-electron chi connectivity index (χ2n) is 6.28. The number of hydrogen-bond donors (Lipinski definition) is 1. The highest BCUT2D eigenvalue weighted by Crippen LogP contribution is 2.31. The van der Waals surface area contributed by atoms with E-state index in [1.807, 2.05) is 48.5 Å². The summed E-state index contributed by atoms with van der Waals surface area (Å²) in [4.78, 5) is 1.10. The highest BCUT2D eigenvalue weighted by atomic mass is 32.2. The Hall–Kier alpha value is -3.10. The number of methoxy groups -OCH3 is 2. The molecule has 0 aliphatic rings. The Morgan fingerprint density at radius 2 is 1.74 bits per heavy atom. The zero-order valence-electron chi connectivity index (χ0n) is 17.2. The van der Waals surface area contributed by atoms with Crippen LogP contribution in [0.1, 0.15) is 11.1 Å². The van der Waals surface area contributed by atoms with E-state index < -0.39 is 10.8 Å². The maximum Gasteiger partial charge on any atom is 0.180 e. The van der Waals surface area contributed by atoms with Gasteiger partial charge in [-0.2, -0.15) is 5.10 Å². The van der Waals surface area contributed by atoms with E-state index >= 15 is 0 Å². The maximum absolute atomic E-state index is 13.3. The molecule has 1 atom stereocenters. The highest BCUT2D eigenvalue weighted by Gasteiger charge is 2.16. The van der Waals surface area contributed by atoms with Crippen LogP contribution < -0.4 is 15.2 Å². The maximum atomic E-state index is 13.3. The van der Waals surface area contributed by atoms with Crippen molar-refractivity contribution < 1.29 is 13.7 Å². The van der Waals surface area contributed by atoms with Gasteiger partial charge in [0.15, 0.2) is 5.17 Å². The quantitative estimate of drug-likeness (QED) is 0.309. The van der Waals surface area contributed by atoms with Crippen LogP contribution in [-0.4, -0.2) is 29.8 Å². The smallest absolute Gasteiger partial charge is 0.180 e. The van der Waals surface area contributed by atoms with Gasteiger partial charge in [-0.25, -0.2) is 4.21 Å². The number of hydrogen-bond acceptors (Lipinski definition) is 6. The molecule has 0 aliphatic carbocycles. The first-order valence-corrected chi connectivity index (χ1v) is 11.5. The lowest BCUT2D eigenvalue weighted by molar-refractivity contribution is 0.393. The topological polar surface area (TPSA) is 86.3 Å². The van der Waals surface area contributed by atoms with E-state index in [4.69, 9.17) is 15.2 Å². The molecule has 0 saturated heterocycles. The van der Waals surface area contributed by atoms with Gasteiger partial charge in [0.1, 0.15) is 11.5 Å². The third-order valence-electron chi connectivity index (χ3n) is 4.27. The summed E-state index contributed by atoms with van der Waals surface area (Å²) < 4.78 is 24.0. The van der Waals surface area contributed by atoms with Gasteiger partial charge in [-0.1, -0.05) is 60.3 Å². The Kier molecular flexibility index (Phi) is 8.26. The minimum atomic E-state index is -1.51. The van der Waals surface area contributed by atoms with Crippen molar-refractivity contribution in [3.8, 4) is 11.5 Å². The molecule has 160 valence electrons. The van der Waals surface area contributed by atoms with E-state index in [9.17, 15) is 4.21 Å². The summed E-state index contributed by atoms with van der Waals surface area (Å²) in [5.41, 5.74) is 7.78. The molecule has 2 N–H and O–H groups in total. The Bertz CT molecular complexity index is 1100. The van der Waals surface area contributed by atoms with Crippen molar-refractivity contribution in [3.63, 3.8) is 0 Å². The molecule has 1 unspecified atom stereocenters. The van der Waals surface area contributed by atoms with Crippen molar-refractivity contribution in [2.24, 2.45) is 15.9 Å². The van der Waals surface area contributed by atoms with E-state index in [-0.39, 0.29) is 0 Å². The molecule has 3 aromatic rings. The molecule has 0 radical (unpaired) electrons. The van der Waals surface area contributed by atoms with Crippen LogP contribution in [-0.2, 0) is 16.6 Å². The van der Waals surface area contributed by atoms with E-state index in [0.29, 0.717) is 37.8 Å². The van der Waals surface area contributed by atoms with Crippen molar-refractivity contribution in [2.45, 2.75) is 15.5 Å². The van der Waals surface area contributed by atoms with Crippen molar-refractivity contribution in [3.05, 3.63) is 83.9 Å². The van der Waals surface area contributed by atoms with Gasteiger partial charge in [-0.15, -0.1) is 5.10 Å². The van der Waals surface area contributed by atoms with Gasteiger partial charge < -0.3 is 15.2 Å². The SMILES string of the molecule is COc1ccc(OC)c(S(=O)c2ccccc2C=NN=C(N)SCc2ccccc2)c1. The Balaban J connectivity index is 1.78. The molecule has 3 aromatic carbocycles. The summed E-state index contributed by atoms with van der Waals surface area (Å²) in [7, 11) is 1.60. The lowest BCUT2D eigenvalue weighted by Crippen LogP contribution is -2.06. The van der Waals surface area contributed by atoms with Crippen LogP contribution in [0.4, 0.5) is 0 Å². The Morgan fingerprint density at radius 3 is 2.48 bits per heavy atom. The predicted molar refractivity (Wildman–Crippen MR) is 128 cm³/mol. The molecule has 3 rings (SSSR count). The normalized spacial score (nSPS) is 12.6. The third kappa shape index (κ3) is 6.19. The fraction of sp³-hybridized carbons (Fsp3) is 0.130. The van der Waals surface area contributed by atoms with E-state index in [0.717, 1.165) is 5.56 Å². The Labute approximate surface area is 188 Å². The average molecular weight is 454 g/mol. The summed E-state index contributed by atoms with van der Waals surface area (Å²) in [6.45, 7) is 0. The van der Waals surface area contributed by atoms with Gasteiger partial charge in [0.05, 0.1) is 41.0 Å². The van der Waals surface area contributed by atoms with E-state index in [2.05, 4.69) is 10.2 Å². The molecule has 6 nitrogen and oxygen atoms in total. The van der Waals surface area contributed by atoms with Gasteiger partial charge in [-0.3, -0.25) is 0 Å². The standard InChI is InChI=1S/C23H23N3O3S2/c1-28-19-12-13-20(29-2)22(14-19)31(27)21-11-7-6-10-18(21)15-25-26-23(24)30-16-17-8-4-3-5-9-17/h3-15H,16H2,1-2H3,(H2,24,26). The molecule has 0 bridgehead atoms. The van der Waals surface area contributed by atoms with Crippen molar-refractivity contribution >= 4 is 33.9 Å². The zero-order valence-corrected chi connectivity index (χ0v) is 18.9. The van der Waals surface area contributed by atoms with E-state index in [1.165, 1.54) is 11.8 Å². The first-order chi connectivity index (χ1) is 15.1. The second kappa shape index (κ2) is 11.3. The Morgan fingerprint density at radius 1 is 1.00 bits per heavy atom. The van der Waals surface area contributed by atoms with Gasteiger partial charge in [-0.05, 0) is 23.8 Å². The molecular weight excluding hydrogens is 430 g/mol. The molecule has 8 heteroatoms. The molecule has 31 heavy (non-hydrogen) atoms. The first-order valence-electron chi connectivity index (χ1n) is 9.38. The fourth-order valence-corrected chi connectivity index (χ4v) is 4.65. The largest absolute Gasteiger partial charge is 0.497 e. The first kappa shape index (κ1) is 22.6. The number of ether oxygens (including phenoxy) is 2. The van der Waals surface area contributed by atoms with E-state index in [1.54, 1.807) is 44.7 Å². The monoisotopic (exact) mass is 453 g/mol. The lowest BCUT2D eigenvalue weighted by Gasteiger charge is -2.11. The van der Waals surface area contributed by atoms with Crippen LogP contribution in [0.5, 0.6) is 11.5 Å². The van der Waals surface area contributed by atoms with Gasteiger partial charge in [0.25, 0.3) is 0 Å². The number of rotatable bonds is 8. The van der Waals surface area contributed by atoms with Crippen molar-refractivity contribution in [1.82, 2.24) is 0 Å². The van der Waals surface area contributed by atoms with Crippen LogP contribution in [0.25, 0.3) is 0 Å². The highest BCUT2D eigenvalue weighted by molar-refractivity contribution is 8.13. The van der Waals surface area contributed by atoms with Crippen LogP contribution in [0.2, 0.25) is 0 Å². The average Bonchev–Trinajstić information content (AvgIpc) is 2.83. The van der Waals surface area contributed by atoms with Crippen LogP contribution in [0.15, 0.2) is 92.8 Å². The number of thioether (sulfide) groups is 1. The minimum Gasteiger partial charge on any atom is -0.497 e. The summed E-state index contributed by atoms with van der Waals surface area (Å²) in [5.74, 6) is 1.83. The summed E-state index contributed by atoms with van der Waals surface area (Å²) >= 11 is 1.40. The minimum absolute atomic E-state index is 0.355. The predicted octanol–water partition coefficient (Wildman–Crippen LogP) is 4.45. The third-order valence-corrected chi connectivity index (χ3v) is 6.62. The number of amidine groups is 1. The van der Waals surface area contributed by atoms with Crippen molar-refractivity contribution in [2.75, 3.05) is 14.2 Å². The summed E-state index contributed by atoms with van der Waals surface area (Å²) in [5, 5.41) is 8.50. The fourth-order valence-electron chi connectivity index (χ4n) is 2.71. The number of nitrogens with zero attached hydrogens (tertiary/aromatic N) is 2. The molecular formula is C23H23N3O3S2. The van der Waals surface area contributed by atoms with Crippen LogP contribution in [0.3, 0.4) is 0 Å². The molecule has 0 saturated carbocycles. The molecule has 0 fully saturated rings. The number of benzene rings is 3. The van der Waals surface area contributed by atoms with Gasteiger partial charge >= 0.3 is 0 Å². The summed E-state index contributed by atoms with van der Waals surface area (Å²) in [6.07, 6.45) is 1.55. The second-order valence-corrected chi connectivity index (χ2v) is 8.69. The van der Waals surface area contributed by atoms with Crippen LogP contribution in [0, 0.1) is 0 Å². The molecule has 0 aromatic heterocycles. The molecule has 0 heterocycles. The molecule has 0 spiro atoms. The van der Waals surface area contributed by atoms with Crippen LogP contribution >= 0.6 is 11.8 Å². The number of nitrogens with two attached hydrogens (primary N) is 1. The summed E-state index contributed by atoms with van der Waals surface area (Å²) in [6, 6.07) is 22.5. The van der Waals surface area contributed by atoms with Gasteiger partial charge in [0.2, 0.25) is 0 Å². The van der Waals surface area contributed by atoms with Crippen molar-refractivity contribution in [1.29, 1.82) is 0 Å². The molecule has 0 amide bonds. The lowest BCUT2D eigenvalue weighted by atomic mass is 10.2. The van der Waals surface area contributed by atoms with Gasteiger partial charge in [0, 0.05) is 17.4 Å².